The average molecular weight is 212 g/mol. The van der Waals surface area contributed by atoms with Gasteiger partial charge in [0.1, 0.15) is 0 Å². The van der Waals surface area contributed by atoms with E-state index in [0.29, 0.717) is 11.4 Å². The van der Waals surface area contributed by atoms with Crippen LogP contribution >= 0.6 is 0 Å². The van der Waals surface area contributed by atoms with Gasteiger partial charge in [-0.3, -0.25) is 4.98 Å². The lowest BCUT2D eigenvalue weighted by molar-refractivity contribution is 1.23. The van der Waals surface area contributed by atoms with Crippen LogP contribution in [-0.2, 0) is 0 Å². The number of pyridine rings is 1. The average Bonchev–Trinajstić information content (AvgIpc) is 2.34. The first-order chi connectivity index (χ1) is 7.83. The molecule has 0 aliphatic heterocycles. The van der Waals surface area contributed by atoms with Crippen molar-refractivity contribution in [3.8, 4) is 0 Å². The quantitative estimate of drug-likeness (QED) is 0.341. The highest BCUT2D eigenvalue weighted by Gasteiger charge is 2.08. The molecule has 0 radical (unpaired) electrons. The van der Waals surface area contributed by atoms with Crippen molar-refractivity contribution in [2.24, 2.45) is 10.9 Å². The summed E-state index contributed by atoms with van der Waals surface area (Å²) >= 11 is 0. The van der Waals surface area contributed by atoms with Crippen molar-refractivity contribution in [3.05, 3.63) is 59.9 Å². The minimum Gasteiger partial charge on any atom is -0.398 e. The fourth-order valence-corrected chi connectivity index (χ4v) is 1.52. The summed E-state index contributed by atoms with van der Waals surface area (Å²) in [5.41, 5.74) is 8.93. The second kappa shape index (κ2) is 4.44. The number of hydrogen-bond donors (Lipinski definition) is 2. The first-order valence-corrected chi connectivity index (χ1v) is 4.86. The maximum Gasteiger partial charge on any atom is 0.0993 e. The molecule has 0 spiro atoms. The van der Waals surface area contributed by atoms with Crippen LogP contribution in [0.1, 0.15) is 11.1 Å². The molecule has 2 rings (SSSR count). The molecule has 0 aliphatic carbocycles. The molecule has 80 valence electrons. The number of hydrogen-bond acceptors (Lipinski definition) is 4. The largest absolute Gasteiger partial charge is 0.398 e. The van der Waals surface area contributed by atoms with E-state index in [1.807, 2.05) is 36.4 Å². The van der Waals surface area contributed by atoms with Crippen molar-refractivity contribution in [2.45, 2.75) is 0 Å². The first kappa shape index (κ1) is 10.2. The molecule has 2 aromatic rings. The molecule has 0 amide bonds. The van der Waals surface area contributed by atoms with E-state index in [-0.39, 0.29) is 0 Å². The van der Waals surface area contributed by atoms with Gasteiger partial charge in [-0.25, -0.2) is 0 Å². The van der Waals surface area contributed by atoms with Gasteiger partial charge in [0.15, 0.2) is 0 Å². The molecule has 0 bridgehead atoms. The maximum atomic E-state index is 5.88. The Morgan fingerprint density at radius 1 is 1.06 bits per heavy atom. The van der Waals surface area contributed by atoms with Gasteiger partial charge in [0.05, 0.1) is 5.71 Å². The summed E-state index contributed by atoms with van der Waals surface area (Å²) in [6.07, 6.45) is 3.39. The van der Waals surface area contributed by atoms with Crippen LogP contribution in [0.15, 0.2) is 53.9 Å². The molecule has 4 heteroatoms. The van der Waals surface area contributed by atoms with Crippen molar-refractivity contribution < 1.29 is 0 Å². The van der Waals surface area contributed by atoms with E-state index >= 15 is 0 Å². The molecule has 0 saturated carbocycles. The molecule has 1 aromatic heterocycles. The number of nitrogens with two attached hydrogens (primary N) is 2. The summed E-state index contributed by atoms with van der Waals surface area (Å²) in [7, 11) is 0. The Balaban J connectivity index is 2.51. The van der Waals surface area contributed by atoms with Crippen LogP contribution in [0.4, 0.5) is 5.69 Å². The van der Waals surface area contributed by atoms with Crippen molar-refractivity contribution in [3.63, 3.8) is 0 Å². The SMILES string of the molecule is N/N=C(\c1ccncc1)c1ccccc1N. The van der Waals surface area contributed by atoms with Crippen LogP contribution < -0.4 is 11.6 Å². The number of nitrogens with zero attached hydrogens (tertiary/aromatic N) is 2. The monoisotopic (exact) mass is 212 g/mol. The molecular formula is C12H12N4. The summed E-state index contributed by atoms with van der Waals surface area (Å²) < 4.78 is 0. The Morgan fingerprint density at radius 2 is 1.75 bits per heavy atom. The minimum atomic E-state index is 0.656. The molecule has 0 unspecified atom stereocenters. The fraction of sp³-hybridized carbons (Fsp3) is 0. The van der Waals surface area contributed by atoms with E-state index < -0.39 is 0 Å². The van der Waals surface area contributed by atoms with Crippen molar-refractivity contribution in [2.75, 3.05) is 5.73 Å². The Morgan fingerprint density at radius 3 is 2.38 bits per heavy atom. The van der Waals surface area contributed by atoms with Gasteiger partial charge in [-0.2, -0.15) is 5.10 Å². The maximum absolute atomic E-state index is 5.88. The number of hydrazone groups is 1. The molecule has 1 heterocycles. The number of nitrogen functional groups attached to an aromatic ring is 1. The minimum absolute atomic E-state index is 0.656. The predicted molar refractivity (Wildman–Crippen MR) is 64.9 cm³/mol. The number of benzene rings is 1. The van der Waals surface area contributed by atoms with Gasteiger partial charge >= 0.3 is 0 Å². The standard InChI is InChI=1S/C12H12N4/c13-11-4-2-1-3-10(11)12(16-14)9-5-7-15-8-6-9/h1-8H,13-14H2/b16-12+. The Bertz CT molecular complexity index is 505. The van der Waals surface area contributed by atoms with Gasteiger partial charge in [0.2, 0.25) is 0 Å². The summed E-state index contributed by atoms with van der Waals surface area (Å²) in [5, 5.41) is 3.80. The van der Waals surface area contributed by atoms with Gasteiger partial charge < -0.3 is 11.6 Å². The zero-order chi connectivity index (χ0) is 11.4. The van der Waals surface area contributed by atoms with E-state index in [1.165, 1.54) is 0 Å². The number of anilines is 1. The highest BCUT2D eigenvalue weighted by atomic mass is 15.1. The third-order valence-corrected chi connectivity index (χ3v) is 2.30. The Kier molecular flexibility index (Phi) is 2.82. The van der Waals surface area contributed by atoms with E-state index in [0.717, 1.165) is 11.1 Å². The molecule has 0 atom stereocenters. The van der Waals surface area contributed by atoms with E-state index in [4.69, 9.17) is 11.6 Å². The van der Waals surface area contributed by atoms with Crippen LogP contribution in [0.25, 0.3) is 0 Å². The van der Waals surface area contributed by atoms with Crippen molar-refractivity contribution in [1.29, 1.82) is 0 Å². The van der Waals surface area contributed by atoms with Crippen LogP contribution in [0, 0.1) is 0 Å². The predicted octanol–water partition coefficient (Wildman–Crippen LogP) is 1.37. The third kappa shape index (κ3) is 1.86. The van der Waals surface area contributed by atoms with Gasteiger partial charge in [0.25, 0.3) is 0 Å². The summed E-state index contributed by atoms with van der Waals surface area (Å²) in [5.74, 6) is 5.42. The molecule has 4 nitrogen and oxygen atoms in total. The molecule has 4 N–H and O–H groups in total. The molecule has 16 heavy (non-hydrogen) atoms. The van der Waals surface area contributed by atoms with Gasteiger partial charge in [-0.15, -0.1) is 0 Å². The highest BCUT2D eigenvalue weighted by molar-refractivity contribution is 6.15. The van der Waals surface area contributed by atoms with E-state index in [1.54, 1.807) is 12.4 Å². The molecule has 0 fully saturated rings. The number of para-hydroxylation sites is 1. The molecule has 1 aromatic carbocycles. The summed E-state index contributed by atoms with van der Waals surface area (Å²) in [4.78, 5) is 3.95. The second-order valence-corrected chi connectivity index (χ2v) is 3.30. The van der Waals surface area contributed by atoms with E-state index in [9.17, 15) is 0 Å². The normalized spacial score (nSPS) is 11.4. The van der Waals surface area contributed by atoms with Crippen molar-refractivity contribution in [1.82, 2.24) is 4.98 Å². The Hall–Kier alpha value is -2.36. The van der Waals surface area contributed by atoms with Crippen LogP contribution in [0.3, 0.4) is 0 Å². The van der Waals surface area contributed by atoms with E-state index in [2.05, 4.69) is 10.1 Å². The van der Waals surface area contributed by atoms with Crippen LogP contribution in [0.2, 0.25) is 0 Å². The molecule has 0 aliphatic rings. The van der Waals surface area contributed by atoms with Crippen LogP contribution in [-0.4, -0.2) is 10.7 Å². The van der Waals surface area contributed by atoms with Gasteiger partial charge in [0, 0.05) is 29.2 Å². The van der Waals surface area contributed by atoms with Gasteiger partial charge in [-0.1, -0.05) is 18.2 Å². The fourth-order valence-electron chi connectivity index (χ4n) is 1.52. The highest BCUT2D eigenvalue weighted by Crippen LogP contribution is 2.16. The van der Waals surface area contributed by atoms with Crippen molar-refractivity contribution >= 4 is 11.4 Å². The topological polar surface area (TPSA) is 77.3 Å². The third-order valence-electron chi connectivity index (χ3n) is 2.30. The lowest BCUT2D eigenvalue weighted by Crippen LogP contribution is -2.09. The number of aromatic nitrogens is 1. The smallest absolute Gasteiger partial charge is 0.0993 e. The lowest BCUT2D eigenvalue weighted by Gasteiger charge is -2.07. The molecular weight excluding hydrogens is 200 g/mol. The second-order valence-electron chi connectivity index (χ2n) is 3.30. The first-order valence-electron chi connectivity index (χ1n) is 4.86. The molecule has 0 saturated heterocycles. The summed E-state index contributed by atoms with van der Waals surface area (Å²) in [6.45, 7) is 0. The Labute approximate surface area is 93.6 Å². The number of rotatable bonds is 2. The zero-order valence-electron chi connectivity index (χ0n) is 8.67. The zero-order valence-corrected chi connectivity index (χ0v) is 8.67. The van der Waals surface area contributed by atoms with Crippen LogP contribution in [0.5, 0.6) is 0 Å². The lowest BCUT2D eigenvalue weighted by atomic mass is 10.0. The van der Waals surface area contributed by atoms with Gasteiger partial charge in [-0.05, 0) is 18.2 Å². The summed E-state index contributed by atoms with van der Waals surface area (Å²) in [6, 6.07) is 11.2.